The second-order valence-corrected chi connectivity index (χ2v) is 8.24. The Morgan fingerprint density at radius 1 is 0.812 bits per heavy atom. The first-order valence-corrected chi connectivity index (χ1v) is 10.7. The van der Waals surface area contributed by atoms with Gasteiger partial charge in [0.05, 0.1) is 16.1 Å². The summed E-state index contributed by atoms with van der Waals surface area (Å²) in [5.74, 6) is 0.991. The molecule has 0 aliphatic rings. The van der Waals surface area contributed by atoms with E-state index in [2.05, 4.69) is 23.8 Å². The molecule has 2 N–H and O–H groups in total. The number of aromatic hydroxyl groups is 1. The Labute approximate surface area is 191 Å². The van der Waals surface area contributed by atoms with E-state index in [1.165, 1.54) is 5.56 Å². The number of hydrogen-bond donors (Lipinski definition) is 2. The molecule has 0 bridgehead atoms. The molecule has 5 heteroatoms. The average molecular weight is 441 g/mol. The predicted molar refractivity (Wildman–Crippen MR) is 130 cm³/mol. The molecule has 0 atom stereocenters. The van der Waals surface area contributed by atoms with Gasteiger partial charge in [0.2, 0.25) is 0 Å². The lowest BCUT2D eigenvalue weighted by Crippen LogP contribution is -1.88. The van der Waals surface area contributed by atoms with Gasteiger partial charge in [-0.25, -0.2) is 0 Å². The highest BCUT2D eigenvalue weighted by atomic mass is 35.5. The lowest BCUT2D eigenvalue weighted by molar-refractivity contribution is 0.449. The lowest BCUT2D eigenvalue weighted by atomic mass is 9.99. The van der Waals surface area contributed by atoms with Crippen molar-refractivity contribution < 1.29 is 9.84 Å². The van der Waals surface area contributed by atoms with E-state index >= 15 is 0 Å². The van der Waals surface area contributed by atoms with Crippen LogP contribution in [0.3, 0.4) is 0 Å². The molecule has 1 heterocycles. The van der Waals surface area contributed by atoms with Crippen molar-refractivity contribution in [1.29, 1.82) is 0 Å². The van der Waals surface area contributed by atoms with Gasteiger partial charge >= 0.3 is 0 Å². The summed E-state index contributed by atoms with van der Waals surface area (Å²) in [6.07, 6.45) is 0. The number of para-hydroxylation sites is 1. The zero-order chi connectivity index (χ0) is 22.2. The van der Waals surface area contributed by atoms with E-state index in [0.717, 1.165) is 44.6 Å². The van der Waals surface area contributed by atoms with Gasteiger partial charge in [0.1, 0.15) is 11.5 Å². The number of aromatic amines is 1. The summed E-state index contributed by atoms with van der Waals surface area (Å²) in [6.45, 7) is 4.12. The number of phenolic OH excluding ortho intramolecular Hbond substituents is 1. The number of phenols is 1. The third-order valence-corrected chi connectivity index (χ3v) is 5.97. The quantitative estimate of drug-likeness (QED) is 0.301. The first kappa shape index (κ1) is 20.2. The Morgan fingerprint density at radius 2 is 1.53 bits per heavy atom. The average Bonchev–Trinajstić information content (AvgIpc) is 3.17. The molecule has 0 aliphatic heterocycles. The highest BCUT2D eigenvalue weighted by Gasteiger charge is 2.12. The smallest absolute Gasteiger partial charge is 0.300 e. The van der Waals surface area contributed by atoms with E-state index in [4.69, 9.17) is 16.3 Å². The number of nitrogens with one attached hydrogen (secondary N) is 1. The minimum absolute atomic E-state index is 0.257. The van der Waals surface area contributed by atoms with Gasteiger partial charge in [-0.05, 0) is 66.4 Å². The van der Waals surface area contributed by atoms with Crippen molar-refractivity contribution >= 4 is 22.6 Å². The Balaban J connectivity index is 1.46. The first-order valence-electron chi connectivity index (χ1n) is 10.3. The molecule has 4 aromatic carbocycles. The molecule has 32 heavy (non-hydrogen) atoms. The van der Waals surface area contributed by atoms with E-state index in [1.54, 1.807) is 6.07 Å². The fourth-order valence-corrected chi connectivity index (χ4v) is 3.99. The van der Waals surface area contributed by atoms with Crippen molar-refractivity contribution in [2.75, 3.05) is 0 Å². The molecule has 0 fully saturated rings. The Morgan fingerprint density at radius 3 is 2.25 bits per heavy atom. The summed E-state index contributed by atoms with van der Waals surface area (Å²) in [5.41, 5.74) is 7.54. The predicted octanol–water partition coefficient (Wildman–Crippen LogP) is 7.67. The maximum Gasteiger partial charge on any atom is 0.300 e. The molecule has 0 saturated carbocycles. The molecule has 0 spiro atoms. The number of imidazole rings is 1. The minimum Gasteiger partial charge on any atom is -0.507 e. The summed E-state index contributed by atoms with van der Waals surface area (Å²) < 4.78 is 5.93. The summed E-state index contributed by atoms with van der Waals surface area (Å²) in [6, 6.07) is 25.4. The van der Waals surface area contributed by atoms with E-state index in [-0.39, 0.29) is 5.75 Å². The number of aromatic nitrogens is 2. The fourth-order valence-electron chi connectivity index (χ4n) is 3.71. The normalized spacial score (nSPS) is 11.1. The zero-order valence-corrected chi connectivity index (χ0v) is 18.4. The van der Waals surface area contributed by atoms with Crippen LogP contribution in [0, 0.1) is 13.8 Å². The number of halogens is 1. The van der Waals surface area contributed by atoms with E-state index in [1.807, 2.05) is 72.8 Å². The summed E-state index contributed by atoms with van der Waals surface area (Å²) in [5, 5.41) is 10.7. The fraction of sp³-hybridized carbons (Fsp3) is 0.0741. The molecule has 0 aliphatic carbocycles. The van der Waals surface area contributed by atoms with Gasteiger partial charge in [-0.1, -0.05) is 60.1 Å². The van der Waals surface area contributed by atoms with Crippen LogP contribution in [0.25, 0.3) is 33.3 Å². The van der Waals surface area contributed by atoms with Gasteiger partial charge in [-0.3, -0.25) is 0 Å². The zero-order valence-electron chi connectivity index (χ0n) is 17.7. The van der Waals surface area contributed by atoms with Crippen molar-refractivity contribution in [2.24, 2.45) is 0 Å². The number of ether oxygens (including phenoxy) is 1. The molecule has 0 saturated heterocycles. The van der Waals surface area contributed by atoms with Crippen molar-refractivity contribution in [1.82, 2.24) is 9.97 Å². The van der Waals surface area contributed by atoms with Crippen LogP contribution in [0.5, 0.6) is 17.5 Å². The van der Waals surface area contributed by atoms with Crippen LogP contribution in [-0.4, -0.2) is 15.1 Å². The maximum atomic E-state index is 10.1. The van der Waals surface area contributed by atoms with Crippen LogP contribution in [0.15, 0.2) is 78.9 Å². The SMILES string of the molecule is Cc1ccc(Oc2nc3cc(-c4ccc(-c5ccccc5O)cc4)c(Cl)cc3[nH]2)cc1C. The van der Waals surface area contributed by atoms with Crippen molar-refractivity contribution in [3.63, 3.8) is 0 Å². The molecular formula is C27H21ClN2O2. The number of benzene rings is 4. The van der Waals surface area contributed by atoms with Crippen LogP contribution in [-0.2, 0) is 0 Å². The molecule has 0 unspecified atom stereocenters. The van der Waals surface area contributed by atoms with E-state index in [9.17, 15) is 5.11 Å². The second-order valence-electron chi connectivity index (χ2n) is 7.83. The van der Waals surface area contributed by atoms with Crippen molar-refractivity contribution in [3.8, 4) is 39.8 Å². The summed E-state index contributed by atoms with van der Waals surface area (Å²) in [4.78, 5) is 7.78. The monoisotopic (exact) mass is 440 g/mol. The molecule has 0 radical (unpaired) electrons. The van der Waals surface area contributed by atoms with Crippen LogP contribution < -0.4 is 4.74 Å². The van der Waals surface area contributed by atoms with Crippen molar-refractivity contribution in [2.45, 2.75) is 13.8 Å². The number of H-pyrrole nitrogens is 1. The van der Waals surface area contributed by atoms with Gasteiger partial charge < -0.3 is 14.8 Å². The molecule has 0 amide bonds. The third-order valence-electron chi connectivity index (χ3n) is 5.65. The molecule has 1 aromatic heterocycles. The Hall–Kier alpha value is -3.76. The minimum atomic E-state index is 0.257. The Kier molecular flexibility index (Phi) is 5.08. The Bertz CT molecular complexity index is 1440. The number of nitrogens with zero attached hydrogens (tertiary/aromatic N) is 1. The van der Waals surface area contributed by atoms with Crippen molar-refractivity contribution in [3.05, 3.63) is 95.0 Å². The van der Waals surface area contributed by atoms with Gasteiger partial charge in [-0.15, -0.1) is 0 Å². The number of aryl methyl sites for hydroxylation is 2. The molecule has 5 aromatic rings. The molecule has 4 nitrogen and oxygen atoms in total. The molecular weight excluding hydrogens is 420 g/mol. The topological polar surface area (TPSA) is 58.1 Å². The standard InChI is InChI=1S/C27H21ClN2O2/c1-16-7-12-20(13-17(16)2)32-27-29-24-14-22(23(28)15-25(24)30-27)19-10-8-18(9-11-19)21-5-3-4-6-26(21)31/h3-15,31H,1-2H3,(H,29,30). The third kappa shape index (κ3) is 3.81. The molecule has 5 rings (SSSR count). The van der Waals surface area contributed by atoms with Gasteiger partial charge in [0, 0.05) is 11.1 Å². The number of fused-ring (bicyclic) bond motifs is 1. The van der Waals surface area contributed by atoms with Crippen LogP contribution >= 0.6 is 11.6 Å². The lowest BCUT2D eigenvalue weighted by Gasteiger charge is -2.08. The summed E-state index contributed by atoms with van der Waals surface area (Å²) >= 11 is 6.60. The van der Waals surface area contributed by atoms with E-state index in [0.29, 0.717) is 11.0 Å². The molecule has 158 valence electrons. The highest BCUT2D eigenvalue weighted by Crippen LogP contribution is 2.35. The second kappa shape index (κ2) is 8.06. The van der Waals surface area contributed by atoms with Gasteiger partial charge in [0.25, 0.3) is 6.01 Å². The van der Waals surface area contributed by atoms with Crippen LogP contribution in [0.4, 0.5) is 0 Å². The number of rotatable bonds is 4. The van der Waals surface area contributed by atoms with Gasteiger partial charge in [0.15, 0.2) is 0 Å². The number of hydrogen-bond acceptors (Lipinski definition) is 3. The largest absolute Gasteiger partial charge is 0.507 e. The van der Waals surface area contributed by atoms with Crippen LogP contribution in [0.1, 0.15) is 11.1 Å². The van der Waals surface area contributed by atoms with Crippen LogP contribution in [0.2, 0.25) is 5.02 Å². The maximum absolute atomic E-state index is 10.1. The van der Waals surface area contributed by atoms with Gasteiger partial charge in [-0.2, -0.15) is 4.98 Å². The summed E-state index contributed by atoms with van der Waals surface area (Å²) in [7, 11) is 0. The highest BCUT2D eigenvalue weighted by molar-refractivity contribution is 6.34. The van der Waals surface area contributed by atoms with E-state index < -0.39 is 0 Å². The first-order chi connectivity index (χ1) is 15.5.